The summed E-state index contributed by atoms with van der Waals surface area (Å²) >= 11 is 0. The molecule has 1 heterocycles. The molecule has 4 aromatic rings. The average molecular weight is 336 g/mol. The molecule has 0 radical (unpaired) electrons. The lowest BCUT2D eigenvalue weighted by atomic mass is 10.2. The topological polar surface area (TPSA) is 20.0 Å². The zero-order valence-electron chi connectivity index (χ0n) is 13.6. The zero-order chi connectivity index (χ0) is 15.8. The second kappa shape index (κ2) is 6.46. The zero-order valence-corrected chi connectivity index (χ0v) is 14.4. The predicted octanol–water partition coefficient (Wildman–Crippen LogP) is 0.735. The highest BCUT2D eigenvalue weighted by Gasteiger charge is 2.19. The molecule has 4 heteroatoms. The molecule has 0 bridgehead atoms. The number of benzene rings is 3. The molecule has 0 saturated heterocycles. The van der Waals surface area contributed by atoms with Gasteiger partial charge in [-0.2, -0.15) is 0 Å². The molecule has 0 unspecified atom stereocenters. The fraction of sp³-hybridized carbons (Fsp3) is 0.100. The molecule has 0 N–H and O–H groups in total. The first-order valence-corrected chi connectivity index (χ1v) is 7.71. The molecule has 0 aliphatic rings. The Morgan fingerprint density at radius 1 is 0.750 bits per heavy atom. The highest BCUT2D eigenvalue weighted by atomic mass is 35.5. The van der Waals surface area contributed by atoms with Crippen molar-refractivity contribution in [2.24, 2.45) is 0 Å². The highest BCUT2D eigenvalue weighted by Crippen LogP contribution is 2.21. The van der Waals surface area contributed by atoms with Crippen molar-refractivity contribution in [3.05, 3.63) is 72.8 Å². The largest absolute Gasteiger partial charge is 1.00 e. The third-order valence-electron chi connectivity index (χ3n) is 4.09. The van der Waals surface area contributed by atoms with Crippen LogP contribution in [0.15, 0.2) is 72.8 Å². The van der Waals surface area contributed by atoms with Gasteiger partial charge in [0.1, 0.15) is 11.0 Å². The SMILES string of the molecule is CN(C)c1ccc2nc3ccccc3[n+](-c3ccccc3)c2c1.[Cl-]. The van der Waals surface area contributed by atoms with E-state index in [1.807, 2.05) is 12.1 Å². The Labute approximate surface area is 147 Å². The first-order valence-electron chi connectivity index (χ1n) is 7.71. The highest BCUT2D eigenvalue weighted by molar-refractivity contribution is 5.84. The van der Waals surface area contributed by atoms with Crippen molar-refractivity contribution in [3.8, 4) is 5.69 Å². The summed E-state index contributed by atoms with van der Waals surface area (Å²) in [7, 11) is 4.12. The van der Waals surface area contributed by atoms with Crippen LogP contribution in [-0.4, -0.2) is 19.1 Å². The Balaban J connectivity index is 0.00000169. The van der Waals surface area contributed by atoms with Crippen LogP contribution in [0.5, 0.6) is 0 Å². The summed E-state index contributed by atoms with van der Waals surface area (Å²) in [5.74, 6) is 0. The molecular weight excluding hydrogens is 318 g/mol. The molecule has 0 spiro atoms. The van der Waals surface area contributed by atoms with E-state index in [2.05, 4.69) is 84.2 Å². The molecular formula is C20H18ClN3. The maximum Gasteiger partial charge on any atom is 0.239 e. The Bertz CT molecular complexity index is 997. The van der Waals surface area contributed by atoms with E-state index in [-0.39, 0.29) is 12.4 Å². The molecule has 120 valence electrons. The van der Waals surface area contributed by atoms with Crippen molar-refractivity contribution in [1.29, 1.82) is 0 Å². The molecule has 0 aliphatic heterocycles. The summed E-state index contributed by atoms with van der Waals surface area (Å²) in [5, 5.41) is 0. The van der Waals surface area contributed by atoms with Crippen molar-refractivity contribution < 1.29 is 17.0 Å². The van der Waals surface area contributed by atoms with Crippen LogP contribution in [0.3, 0.4) is 0 Å². The normalized spacial score (nSPS) is 10.6. The van der Waals surface area contributed by atoms with Gasteiger partial charge in [-0.25, -0.2) is 4.98 Å². The molecule has 0 amide bonds. The van der Waals surface area contributed by atoms with Gasteiger partial charge in [0, 0.05) is 44.0 Å². The molecule has 1 aromatic heterocycles. The van der Waals surface area contributed by atoms with Gasteiger partial charge < -0.3 is 17.3 Å². The third-order valence-corrected chi connectivity index (χ3v) is 4.09. The molecule has 24 heavy (non-hydrogen) atoms. The Kier molecular flexibility index (Phi) is 4.36. The van der Waals surface area contributed by atoms with Crippen molar-refractivity contribution in [2.45, 2.75) is 0 Å². The number of hydrogen-bond donors (Lipinski definition) is 0. The Hall–Kier alpha value is -2.65. The van der Waals surface area contributed by atoms with Crippen molar-refractivity contribution in [3.63, 3.8) is 0 Å². The number of para-hydroxylation sites is 3. The van der Waals surface area contributed by atoms with Crippen LogP contribution in [-0.2, 0) is 0 Å². The van der Waals surface area contributed by atoms with Crippen LogP contribution in [0.4, 0.5) is 5.69 Å². The van der Waals surface area contributed by atoms with Gasteiger partial charge in [-0.3, -0.25) is 0 Å². The van der Waals surface area contributed by atoms with E-state index in [1.54, 1.807) is 0 Å². The van der Waals surface area contributed by atoms with Gasteiger partial charge in [-0.1, -0.05) is 30.3 Å². The van der Waals surface area contributed by atoms with Gasteiger partial charge in [0.2, 0.25) is 16.7 Å². The van der Waals surface area contributed by atoms with Crippen LogP contribution in [0.2, 0.25) is 0 Å². The van der Waals surface area contributed by atoms with Crippen LogP contribution < -0.4 is 21.9 Å². The van der Waals surface area contributed by atoms with Crippen LogP contribution >= 0.6 is 0 Å². The smallest absolute Gasteiger partial charge is 0.239 e. The third kappa shape index (κ3) is 2.68. The van der Waals surface area contributed by atoms with Gasteiger partial charge in [-0.05, 0) is 18.2 Å². The quantitative estimate of drug-likeness (QED) is 0.398. The van der Waals surface area contributed by atoms with E-state index in [0.717, 1.165) is 27.8 Å². The lowest BCUT2D eigenvalue weighted by molar-refractivity contribution is -0.538. The fourth-order valence-corrected chi connectivity index (χ4v) is 2.93. The first kappa shape index (κ1) is 16.2. The van der Waals surface area contributed by atoms with Gasteiger partial charge in [-0.15, -0.1) is 4.57 Å². The second-order valence-electron chi connectivity index (χ2n) is 5.84. The summed E-state index contributed by atoms with van der Waals surface area (Å²) in [6, 6.07) is 25.1. The van der Waals surface area contributed by atoms with Crippen LogP contribution in [0.1, 0.15) is 0 Å². The van der Waals surface area contributed by atoms with E-state index in [4.69, 9.17) is 4.98 Å². The second-order valence-corrected chi connectivity index (χ2v) is 5.84. The molecule has 3 aromatic carbocycles. The molecule has 4 rings (SSSR count). The van der Waals surface area contributed by atoms with Crippen molar-refractivity contribution >= 4 is 27.8 Å². The minimum Gasteiger partial charge on any atom is -1.00 e. The van der Waals surface area contributed by atoms with Crippen molar-refractivity contribution in [1.82, 2.24) is 4.98 Å². The summed E-state index contributed by atoms with van der Waals surface area (Å²) in [4.78, 5) is 6.94. The van der Waals surface area contributed by atoms with E-state index in [0.29, 0.717) is 0 Å². The Morgan fingerprint density at radius 2 is 1.42 bits per heavy atom. The average Bonchev–Trinajstić information content (AvgIpc) is 2.59. The molecule has 3 nitrogen and oxygen atoms in total. The molecule has 0 saturated carbocycles. The molecule has 0 aliphatic carbocycles. The van der Waals surface area contributed by atoms with E-state index < -0.39 is 0 Å². The number of hydrogen-bond acceptors (Lipinski definition) is 2. The van der Waals surface area contributed by atoms with Crippen LogP contribution in [0, 0.1) is 0 Å². The van der Waals surface area contributed by atoms with Gasteiger partial charge >= 0.3 is 0 Å². The first-order chi connectivity index (χ1) is 11.2. The Morgan fingerprint density at radius 3 is 2.17 bits per heavy atom. The molecule has 0 fully saturated rings. The number of halogens is 1. The lowest BCUT2D eigenvalue weighted by Gasteiger charge is -2.12. The number of anilines is 1. The van der Waals surface area contributed by atoms with E-state index in [9.17, 15) is 0 Å². The summed E-state index contributed by atoms with van der Waals surface area (Å²) in [5.41, 5.74) is 6.54. The maximum absolute atomic E-state index is 4.82. The van der Waals surface area contributed by atoms with Gasteiger partial charge in [0.05, 0.1) is 0 Å². The van der Waals surface area contributed by atoms with Gasteiger partial charge in [0.25, 0.3) is 0 Å². The number of rotatable bonds is 2. The lowest BCUT2D eigenvalue weighted by Crippen LogP contribution is -3.00. The maximum atomic E-state index is 4.82. The summed E-state index contributed by atoms with van der Waals surface area (Å²) < 4.78 is 2.28. The number of aromatic nitrogens is 2. The number of nitrogens with zero attached hydrogens (tertiary/aromatic N) is 3. The summed E-state index contributed by atoms with van der Waals surface area (Å²) in [6.07, 6.45) is 0. The van der Waals surface area contributed by atoms with E-state index in [1.165, 1.54) is 5.69 Å². The number of fused-ring (bicyclic) bond motifs is 2. The monoisotopic (exact) mass is 335 g/mol. The van der Waals surface area contributed by atoms with Crippen molar-refractivity contribution in [2.75, 3.05) is 19.0 Å². The standard InChI is InChI=1S/C20H18N3.ClH/c1-22(2)16-12-13-18-20(14-16)23(15-8-4-3-5-9-15)19-11-7-6-10-17(19)21-18;/h3-14H,1-2H3;1H/q+1;/p-1. The van der Waals surface area contributed by atoms with Crippen LogP contribution in [0.25, 0.3) is 27.8 Å². The summed E-state index contributed by atoms with van der Waals surface area (Å²) in [6.45, 7) is 0. The fourth-order valence-electron chi connectivity index (χ4n) is 2.93. The van der Waals surface area contributed by atoms with E-state index >= 15 is 0 Å². The predicted molar refractivity (Wildman–Crippen MR) is 95.1 cm³/mol. The minimum absolute atomic E-state index is 0. The minimum atomic E-state index is 0. The van der Waals surface area contributed by atoms with Gasteiger partial charge in [0.15, 0.2) is 0 Å². The molecule has 0 atom stereocenters.